The van der Waals surface area contributed by atoms with E-state index in [1.165, 1.54) is 23.8 Å². The van der Waals surface area contributed by atoms with Gasteiger partial charge in [-0.2, -0.15) is 0 Å². The zero-order valence-corrected chi connectivity index (χ0v) is 20.3. The third kappa shape index (κ3) is 3.97. The van der Waals surface area contributed by atoms with Crippen LogP contribution in [0.2, 0.25) is 0 Å². The Morgan fingerprint density at radius 1 is 1.11 bits per heavy atom. The number of nitrogens with one attached hydrogen (secondary N) is 1. The van der Waals surface area contributed by atoms with Crippen molar-refractivity contribution in [3.63, 3.8) is 0 Å². The first-order valence-electron chi connectivity index (χ1n) is 11.7. The number of aryl methyl sites for hydroxylation is 1. The van der Waals surface area contributed by atoms with Crippen LogP contribution >= 0.6 is 0 Å². The topological polar surface area (TPSA) is 69.7 Å². The second-order valence-corrected chi connectivity index (χ2v) is 8.76. The molecule has 3 aromatic carbocycles. The second-order valence-electron chi connectivity index (χ2n) is 8.76. The number of hydrogen-bond donors (Lipinski definition) is 1. The fourth-order valence-electron chi connectivity index (χ4n) is 4.80. The molecule has 0 amide bonds. The number of ether oxygens (including phenoxy) is 2. The molecule has 1 saturated heterocycles. The molecule has 5 rings (SSSR count). The highest BCUT2D eigenvalue weighted by molar-refractivity contribution is 5.96. The van der Waals surface area contributed by atoms with Crippen molar-refractivity contribution < 1.29 is 13.9 Å². The summed E-state index contributed by atoms with van der Waals surface area (Å²) in [6, 6.07) is 13.3. The van der Waals surface area contributed by atoms with Gasteiger partial charge in [0, 0.05) is 6.07 Å². The third-order valence-electron chi connectivity index (χ3n) is 6.58. The zero-order valence-electron chi connectivity index (χ0n) is 20.3. The quantitative estimate of drug-likeness (QED) is 0.379. The molecule has 1 aliphatic heterocycles. The molecule has 1 atom stereocenters. The number of aromatic nitrogens is 2. The summed E-state index contributed by atoms with van der Waals surface area (Å²) in [5.74, 6) is 0.777. The second kappa shape index (κ2) is 9.44. The van der Waals surface area contributed by atoms with Gasteiger partial charge >= 0.3 is 0 Å². The minimum atomic E-state index is -0.573. The summed E-state index contributed by atoms with van der Waals surface area (Å²) in [5, 5.41) is 3.71. The first kappa shape index (κ1) is 23.5. The van der Waals surface area contributed by atoms with E-state index in [-0.39, 0.29) is 17.4 Å². The number of hydrogen-bond acceptors (Lipinski definition) is 5. The lowest BCUT2D eigenvalue weighted by atomic mass is 9.99. The number of fused-ring (bicyclic) bond motifs is 1. The Bertz CT molecular complexity index is 1580. The van der Waals surface area contributed by atoms with E-state index < -0.39 is 5.82 Å². The zero-order chi connectivity index (χ0) is 25.4. The number of nitrogens with zero attached hydrogens (tertiary/aromatic N) is 3. The molecule has 7 nitrogen and oxygen atoms in total. The number of benzene rings is 3. The van der Waals surface area contributed by atoms with Gasteiger partial charge in [-0.25, -0.2) is 14.2 Å². The summed E-state index contributed by atoms with van der Waals surface area (Å²) >= 11 is 0. The van der Waals surface area contributed by atoms with Gasteiger partial charge in [0.1, 0.15) is 11.6 Å². The molecule has 4 aromatic rings. The van der Waals surface area contributed by atoms with Crippen molar-refractivity contribution in [1.82, 2.24) is 14.9 Å². The van der Waals surface area contributed by atoms with E-state index in [2.05, 4.69) is 10.2 Å². The van der Waals surface area contributed by atoms with Crippen LogP contribution in [-0.4, -0.2) is 30.3 Å². The molecule has 1 aliphatic rings. The lowest BCUT2D eigenvalue weighted by molar-refractivity contribution is 0.386. The Morgan fingerprint density at radius 3 is 2.53 bits per heavy atom. The molecule has 0 bridgehead atoms. The van der Waals surface area contributed by atoms with E-state index in [0.29, 0.717) is 33.7 Å². The Balaban J connectivity index is 1.84. The van der Waals surface area contributed by atoms with Crippen LogP contribution in [0.1, 0.15) is 30.3 Å². The van der Waals surface area contributed by atoms with Crippen LogP contribution in [0.15, 0.2) is 53.3 Å². The average molecular weight is 485 g/mol. The maximum absolute atomic E-state index is 14.7. The van der Waals surface area contributed by atoms with E-state index in [9.17, 15) is 9.18 Å². The van der Waals surface area contributed by atoms with Gasteiger partial charge < -0.3 is 14.8 Å². The van der Waals surface area contributed by atoms with Gasteiger partial charge in [-0.15, -0.1) is 0 Å². The largest absolute Gasteiger partial charge is 0.496 e. The molecule has 36 heavy (non-hydrogen) atoms. The highest BCUT2D eigenvalue weighted by atomic mass is 19.1. The van der Waals surface area contributed by atoms with Gasteiger partial charge in [0.05, 0.1) is 43.4 Å². The first-order valence-corrected chi connectivity index (χ1v) is 11.7. The van der Waals surface area contributed by atoms with E-state index in [1.54, 1.807) is 25.3 Å². The summed E-state index contributed by atoms with van der Waals surface area (Å²) in [7, 11) is 3.01. The summed E-state index contributed by atoms with van der Waals surface area (Å²) < 4.78 is 26.6. The van der Waals surface area contributed by atoms with Gasteiger partial charge in [0.15, 0.2) is 17.3 Å². The fraction of sp³-hybridized carbons (Fsp3) is 0.250. The SMILES string of the molecule is [C-]#[N+]c1cc(-c2ccc(OC)c(C)c2)c2nc(C3CCCN3)n(-c3ccc(OC)c(F)c3)c(=O)c2c1. The van der Waals surface area contributed by atoms with Crippen LogP contribution in [0.25, 0.3) is 32.6 Å². The summed E-state index contributed by atoms with van der Waals surface area (Å²) in [6.07, 6.45) is 1.74. The minimum Gasteiger partial charge on any atom is -0.496 e. The van der Waals surface area contributed by atoms with E-state index in [4.69, 9.17) is 21.0 Å². The molecule has 1 fully saturated rings. The molecule has 8 heteroatoms. The molecule has 1 unspecified atom stereocenters. The Labute approximate surface area is 207 Å². The van der Waals surface area contributed by atoms with Crippen molar-refractivity contribution in [1.29, 1.82) is 0 Å². The number of rotatable bonds is 5. The highest BCUT2D eigenvalue weighted by Crippen LogP contribution is 2.35. The monoisotopic (exact) mass is 484 g/mol. The standard InChI is InChI=1S/C28H25FN4O3/c1-16-12-17(7-9-24(16)35-3)20-13-18(30-2)14-21-26(20)32-27(23-6-5-11-31-23)33(28(21)34)19-8-10-25(36-4)22(29)15-19/h7-10,12-15,23,31H,5-6,11H2,1,3-4H3. The fourth-order valence-corrected chi connectivity index (χ4v) is 4.80. The molecular weight excluding hydrogens is 459 g/mol. The van der Waals surface area contributed by atoms with Crippen LogP contribution in [0.3, 0.4) is 0 Å². The molecular formula is C28H25FN4O3. The highest BCUT2D eigenvalue weighted by Gasteiger charge is 2.26. The average Bonchev–Trinajstić information content (AvgIpc) is 3.43. The van der Waals surface area contributed by atoms with Crippen molar-refractivity contribution >= 4 is 16.6 Å². The normalized spacial score (nSPS) is 15.1. The van der Waals surface area contributed by atoms with Crippen LogP contribution < -0.4 is 20.3 Å². The van der Waals surface area contributed by atoms with Gasteiger partial charge in [0.2, 0.25) is 0 Å². The van der Waals surface area contributed by atoms with Crippen molar-refractivity contribution in [2.24, 2.45) is 0 Å². The smallest absolute Gasteiger partial charge is 0.264 e. The molecule has 182 valence electrons. The van der Waals surface area contributed by atoms with Crippen molar-refractivity contribution in [3.05, 3.63) is 87.5 Å². The third-order valence-corrected chi connectivity index (χ3v) is 6.58. The van der Waals surface area contributed by atoms with Crippen LogP contribution in [0.5, 0.6) is 11.5 Å². The molecule has 0 spiro atoms. The van der Waals surface area contributed by atoms with Crippen LogP contribution in [-0.2, 0) is 0 Å². The van der Waals surface area contributed by atoms with Gasteiger partial charge in [0.25, 0.3) is 5.56 Å². The molecule has 0 radical (unpaired) electrons. The molecule has 1 aromatic heterocycles. The van der Waals surface area contributed by atoms with Crippen LogP contribution in [0.4, 0.5) is 10.1 Å². The van der Waals surface area contributed by atoms with Gasteiger partial charge in [-0.3, -0.25) is 9.36 Å². The Kier molecular flexibility index (Phi) is 6.17. The molecule has 0 saturated carbocycles. The van der Waals surface area contributed by atoms with Gasteiger partial charge in [-0.05, 0) is 79.4 Å². The van der Waals surface area contributed by atoms with Crippen molar-refractivity contribution in [2.75, 3.05) is 20.8 Å². The van der Waals surface area contributed by atoms with E-state index in [1.807, 2.05) is 25.1 Å². The van der Waals surface area contributed by atoms with Crippen molar-refractivity contribution in [2.45, 2.75) is 25.8 Å². The van der Waals surface area contributed by atoms with E-state index >= 15 is 0 Å². The maximum atomic E-state index is 14.7. The van der Waals surface area contributed by atoms with Crippen molar-refractivity contribution in [3.8, 4) is 28.3 Å². The first-order chi connectivity index (χ1) is 17.4. The van der Waals surface area contributed by atoms with E-state index in [0.717, 1.165) is 36.3 Å². The summed E-state index contributed by atoms with van der Waals surface area (Å²) in [4.78, 5) is 22.6. The molecule has 0 aliphatic carbocycles. The summed E-state index contributed by atoms with van der Waals surface area (Å²) in [6.45, 7) is 10.4. The minimum absolute atomic E-state index is 0.0912. The molecule has 1 N–H and O–H groups in total. The Morgan fingerprint density at radius 2 is 1.89 bits per heavy atom. The maximum Gasteiger partial charge on any atom is 0.264 e. The Hall–Kier alpha value is -4.22. The predicted molar refractivity (Wildman–Crippen MR) is 137 cm³/mol. The van der Waals surface area contributed by atoms with Crippen LogP contribution in [0, 0.1) is 19.3 Å². The number of halogens is 1. The summed E-state index contributed by atoms with van der Waals surface area (Å²) in [5.41, 5.74) is 3.27. The lowest BCUT2D eigenvalue weighted by Crippen LogP contribution is -2.29. The van der Waals surface area contributed by atoms with Gasteiger partial charge in [-0.1, -0.05) is 6.07 Å². The number of methoxy groups -OCH3 is 2. The predicted octanol–water partition coefficient (Wildman–Crippen LogP) is 5.49. The lowest BCUT2D eigenvalue weighted by Gasteiger charge is -2.20. The molecule has 2 heterocycles.